The van der Waals surface area contributed by atoms with Gasteiger partial charge in [0.05, 0.1) is 11.4 Å². The van der Waals surface area contributed by atoms with E-state index in [2.05, 4.69) is 159 Å². The van der Waals surface area contributed by atoms with E-state index in [1.807, 2.05) is 11.3 Å². The van der Waals surface area contributed by atoms with Crippen molar-refractivity contribution in [3.8, 4) is 22.3 Å². The number of benzene rings is 6. The van der Waals surface area contributed by atoms with Crippen LogP contribution in [0, 0.1) is 6.92 Å². The topological polar surface area (TPSA) is 3.24 Å². The van der Waals surface area contributed by atoms with Crippen molar-refractivity contribution in [3.05, 3.63) is 150 Å². The minimum absolute atomic E-state index is 0.0485. The molecule has 0 spiro atoms. The van der Waals surface area contributed by atoms with Crippen LogP contribution in [0.2, 0.25) is 0 Å². The van der Waals surface area contributed by atoms with Gasteiger partial charge in [0, 0.05) is 36.8 Å². The molecular weight excluding hydrogens is 527 g/mol. The molecule has 0 fully saturated rings. The lowest BCUT2D eigenvalue weighted by Gasteiger charge is -2.30. The van der Waals surface area contributed by atoms with Gasteiger partial charge in [-0.3, -0.25) is 0 Å². The van der Waals surface area contributed by atoms with Crippen LogP contribution in [0.4, 0.5) is 17.1 Å². The molecule has 0 saturated carbocycles. The molecule has 7 aromatic rings. The summed E-state index contributed by atoms with van der Waals surface area (Å²) in [6.45, 7) is 6.91. The monoisotopic (exact) mass is 557 g/mol. The molecular formula is C40H31NS. The van der Waals surface area contributed by atoms with Gasteiger partial charge in [-0.1, -0.05) is 111 Å². The molecule has 1 aromatic heterocycles. The Morgan fingerprint density at radius 3 is 2.12 bits per heavy atom. The maximum Gasteiger partial charge on any atom is 0.0555 e. The highest BCUT2D eigenvalue weighted by molar-refractivity contribution is 7.26. The molecule has 2 heteroatoms. The van der Waals surface area contributed by atoms with Crippen LogP contribution < -0.4 is 4.90 Å². The van der Waals surface area contributed by atoms with Crippen molar-refractivity contribution in [2.45, 2.75) is 26.2 Å². The second kappa shape index (κ2) is 9.44. The Bertz CT molecular complexity index is 2130. The van der Waals surface area contributed by atoms with Crippen molar-refractivity contribution < 1.29 is 0 Å². The first-order chi connectivity index (χ1) is 20.5. The van der Waals surface area contributed by atoms with E-state index in [0.29, 0.717) is 0 Å². The third kappa shape index (κ3) is 3.69. The maximum absolute atomic E-state index is 2.48. The van der Waals surface area contributed by atoms with Crippen molar-refractivity contribution in [1.82, 2.24) is 0 Å². The van der Waals surface area contributed by atoms with E-state index in [1.165, 1.54) is 70.5 Å². The summed E-state index contributed by atoms with van der Waals surface area (Å²) in [5.41, 5.74) is 12.8. The molecule has 0 atom stereocenters. The lowest BCUT2D eigenvalue weighted by Crippen LogP contribution is -2.15. The fourth-order valence-electron chi connectivity index (χ4n) is 6.96. The average Bonchev–Trinajstić information content (AvgIpc) is 3.51. The summed E-state index contributed by atoms with van der Waals surface area (Å²) in [5, 5.41) is 2.61. The van der Waals surface area contributed by atoms with Gasteiger partial charge in [-0.15, -0.1) is 11.3 Å². The Balaban J connectivity index is 1.46. The quantitative estimate of drug-likeness (QED) is 0.208. The van der Waals surface area contributed by atoms with Crippen LogP contribution in [0.1, 0.15) is 30.5 Å². The van der Waals surface area contributed by atoms with Crippen molar-refractivity contribution in [2.75, 3.05) is 4.90 Å². The first kappa shape index (κ1) is 25.1. The van der Waals surface area contributed by atoms with E-state index >= 15 is 0 Å². The second-order valence-corrected chi connectivity index (χ2v) is 12.9. The lowest BCUT2D eigenvalue weighted by atomic mass is 9.82. The Morgan fingerprint density at radius 1 is 0.548 bits per heavy atom. The van der Waals surface area contributed by atoms with Gasteiger partial charge in [-0.2, -0.15) is 0 Å². The fourth-order valence-corrected chi connectivity index (χ4v) is 8.09. The molecule has 1 heterocycles. The van der Waals surface area contributed by atoms with Crippen molar-refractivity contribution in [2.24, 2.45) is 0 Å². The highest BCUT2D eigenvalue weighted by Crippen LogP contribution is 2.54. The van der Waals surface area contributed by atoms with Gasteiger partial charge in [0.15, 0.2) is 0 Å². The van der Waals surface area contributed by atoms with Gasteiger partial charge in [0.1, 0.15) is 0 Å². The first-order valence-electron chi connectivity index (χ1n) is 14.6. The van der Waals surface area contributed by atoms with Gasteiger partial charge in [-0.25, -0.2) is 0 Å². The summed E-state index contributed by atoms with van der Waals surface area (Å²) < 4.78 is 2.62. The third-order valence-electron chi connectivity index (χ3n) is 8.93. The minimum Gasteiger partial charge on any atom is -0.309 e. The standard InChI is InChI=1S/C40H31NS/c1-26-23-24-28(29-17-11-19-33-38(29)30-15-7-9-18-32(30)40(33,2)3)35(25-26)41(27-13-5-4-6-14-27)34-20-12-22-37-39(34)31-16-8-10-21-36(31)42-37/h4-25H,1-3H3. The lowest BCUT2D eigenvalue weighted by molar-refractivity contribution is 0.660. The number of fused-ring (bicyclic) bond motifs is 6. The summed E-state index contributed by atoms with van der Waals surface area (Å²) >= 11 is 1.87. The summed E-state index contributed by atoms with van der Waals surface area (Å²) in [6.07, 6.45) is 0. The molecule has 42 heavy (non-hydrogen) atoms. The number of nitrogens with zero attached hydrogens (tertiary/aromatic N) is 1. The van der Waals surface area contributed by atoms with Gasteiger partial charge in [0.2, 0.25) is 0 Å². The molecule has 0 unspecified atom stereocenters. The molecule has 0 radical (unpaired) electrons. The molecule has 1 nitrogen and oxygen atoms in total. The first-order valence-corrected chi connectivity index (χ1v) is 15.4. The van der Waals surface area contributed by atoms with Crippen LogP contribution in [0.3, 0.4) is 0 Å². The molecule has 0 aliphatic heterocycles. The van der Waals surface area contributed by atoms with Gasteiger partial charge in [-0.05, 0) is 76.7 Å². The molecule has 1 aliphatic carbocycles. The number of para-hydroxylation sites is 1. The van der Waals surface area contributed by atoms with Gasteiger partial charge >= 0.3 is 0 Å². The van der Waals surface area contributed by atoms with Crippen molar-refractivity contribution in [1.29, 1.82) is 0 Å². The molecule has 1 aliphatic rings. The maximum atomic E-state index is 2.48. The van der Waals surface area contributed by atoms with Crippen LogP contribution >= 0.6 is 11.3 Å². The van der Waals surface area contributed by atoms with Crippen LogP contribution in [-0.4, -0.2) is 0 Å². The van der Waals surface area contributed by atoms with Gasteiger partial charge in [0.25, 0.3) is 0 Å². The van der Waals surface area contributed by atoms with E-state index in [-0.39, 0.29) is 5.41 Å². The van der Waals surface area contributed by atoms with E-state index in [0.717, 1.165) is 5.69 Å². The van der Waals surface area contributed by atoms with Gasteiger partial charge < -0.3 is 4.90 Å². The molecule has 0 N–H and O–H groups in total. The minimum atomic E-state index is -0.0485. The average molecular weight is 558 g/mol. The van der Waals surface area contributed by atoms with E-state index in [9.17, 15) is 0 Å². The molecule has 0 saturated heterocycles. The zero-order chi connectivity index (χ0) is 28.4. The van der Waals surface area contributed by atoms with E-state index in [1.54, 1.807) is 0 Å². The third-order valence-corrected chi connectivity index (χ3v) is 10.1. The fraction of sp³-hybridized carbons (Fsp3) is 0.100. The molecule has 8 rings (SSSR count). The summed E-state index contributed by atoms with van der Waals surface area (Å²) in [4.78, 5) is 2.48. The Morgan fingerprint density at radius 2 is 1.24 bits per heavy atom. The predicted molar refractivity (Wildman–Crippen MR) is 182 cm³/mol. The Hall–Kier alpha value is -4.66. The van der Waals surface area contributed by atoms with Crippen LogP contribution in [0.5, 0.6) is 0 Å². The smallest absolute Gasteiger partial charge is 0.0555 e. The van der Waals surface area contributed by atoms with E-state index < -0.39 is 0 Å². The van der Waals surface area contributed by atoms with Crippen LogP contribution in [0.15, 0.2) is 133 Å². The molecule has 202 valence electrons. The molecule has 0 bridgehead atoms. The SMILES string of the molecule is Cc1ccc(-c2cccc3c2-c2ccccc2C3(C)C)c(N(c2ccccc2)c2cccc3sc4ccccc4c23)c1. The predicted octanol–water partition coefficient (Wildman–Crippen LogP) is 11.8. The molecule has 6 aromatic carbocycles. The Kier molecular flexibility index (Phi) is 5.64. The van der Waals surface area contributed by atoms with E-state index in [4.69, 9.17) is 0 Å². The summed E-state index contributed by atoms with van der Waals surface area (Å²) in [7, 11) is 0. The van der Waals surface area contributed by atoms with Crippen molar-refractivity contribution in [3.63, 3.8) is 0 Å². The highest BCUT2D eigenvalue weighted by atomic mass is 32.1. The normalized spacial score (nSPS) is 13.3. The number of thiophene rings is 1. The Labute approximate surface area is 251 Å². The number of rotatable bonds is 4. The zero-order valence-corrected chi connectivity index (χ0v) is 24.9. The second-order valence-electron chi connectivity index (χ2n) is 11.8. The summed E-state index contributed by atoms with van der Waals surface area (Å²) in [6, 6.07) is 49.2. The van der Waals surface area contributed by atoms with Crippen molar-refractivity contribution >= 4 is 48.6 Å². The highest BCUT2D eigenvalue weighted by Gasteiger charge is 2.37. The van der Waals surface area contributed by atoms with Crippen LogP contribution in [0.25, 0.3) is 42.4 Å². The number of hydrogen-bond acceptors (Lipinski definition) is 2. The summed E-state index contributed by atoms with van der Waals surface area (Å²) in [5.74, 6) is 0. The number of aryl methyl sites for hydroxylation is 1. The zero-order valence-electron chi connectivity index (χ0n) is 24.1. The molecule has 0 amide bonds. The van der Waals surface area contributed by atoms with Crippen LogP contribution in [-0.2, 0) is 5.41 Å². The largest absolute Gasteiger partial charge is 0.309 e. The number of hydrogen-bond donors (Lipinski definition) is 0. The number of anilines is 3.